The maximum atomic E-state index is 11.4. The summed E-state index contributed by atoms with van der Waals surface area (Å²) >= 11 is 9.36. The van der Waals surface area contributed by atoms with Crippen LogP contribution in [0.2, 0.25) is 0 Å². The highest BCUT2D eigenvalue weighted by molar-refractivity contribution is 9.10. The summed E-state index contributed by atoms with van der Waals surface area (Å²) in [5.74, 6) is -0.482. The van der Waals surface area contributed by atoms with Crippen molar-refractivity contribution in [2.24, 2.45) is 0 Å². The van der Waals surface area contributed by atoms with Gasteiger partial charge in [0, 0.05) is 6.20 Å². The van der Waals surface area contributed by atoms with Crippen molar-refractivity contribution in [1.29, 1.82) is 0 Å². The molecule has 0 aromatic carbocycles. The van der Waals surface area contributed by atoms with Crippen LogP contribution in [0.4, 0.5) is 0 Å². The van der Waals surface area contributed by atoms with Gasteiger partial charge in [-0.3, -0.25) is 9.59 Å². The fourth-order valence-corrected chi connectivity index (χ4v) is 2.24. The third-order valence-corrected chi connectivity index (χ3v) is 3.63. The maximum Gasteiger partial charge on any atom is 0.326 e. The smallest absolute Gasteiger partial charge is 0.326 e. The number of aromatic amines is 1. The molecule has 0 saturated carbocycles. The van der Waals surface area contributed by atoms with Crippen LogP contribution >= 0.6 is 47.8 Å². The van der Waals surface area contributed by atoms with Crippen molar-refractivity contribution in [3.8, 4) is 0 Å². The third kappa shape index (κ3) is 17.4. The van der Waals surface area contributed by atoms with Crippen molar-refractivity contribution in [1.82, 2.24) is 19.5 Å². The minimum absolute atomic E-state index is 0.190. The normalized spacial score (nSPS) is 10.8. The van der Waals surface area contributed by atoms with Gasteiger partial charge in [0.2, 0.25) is 0 Å². The number of nitrogens with zero attached hydrogens (tertiary/aromatic N) is 3. The predicted molar refractivity (Wildman–Crippen MR) is 122 cm³/mol. The minimum atomic E-state index is -0.436. The lowest BCUT2D eigenvalue weighted by atomic mass is 10.2. The van der Waals surface area contributed by atoms with Gasteiger partial charge in [0.25, 0.3) is 0 Å². The number of hydrogen-bond donors (Lipinski definition) is 1. The van der Waals surface area contributed by atoms with Gasteiger partial charge in [-0.25, -0.2) is 9.97 Å². The zero-order valence-electron chi connectivity index (χ0n) is 17.3. The first-order chi connectivity index (χ1) is 13.2. The number of imidazole rings is 2. The molecular formula is C18H27Br3N4O4. The molecule has 0 radical (unpaired) electrons. The third-order valence-electron chi connectivity index (χ3n) is 2.33. The Labute approximate surface area is 196 Å². The van der Waals surface area contributed by atoms with E-state index >= 15 is 0 Å². The molecule has 0 spiro atoms. The van der Waals surface area contributed by atoms with Crippen LogP contribution in [0.15, 0.2) is 34.3 Å². The number of alkyl halides is 1. The van der Waals surface area contributed by atoms with Crippen LogP contribution in [0.5, 0.6) is 0 Å². The van der Waals surface area contributed by atoms with Gasteiger partial charge < -0.3 is 19.0 Å². The number of ether oxygens (including phenoxy) is 2. The first kappa shape index (κ1) is 27.8. The van der Waals surface area contributed by atoms with Gasteiger partial charge in [0.1, 0.15) is 32.3 Å². The van der Waals surface area contributed by atoms with Crippen LogP contribution in [0.1, 0.15) is 41.5 Å². The predicted octanol–water partition coefficient (Wildman–Crippen LogP) is 4.88. The van der Waals surface area contributed by atoms with E-state index in [0.29, 0.717) is 4.60 Å². The van der Waals surface area contributed by atoms with E-state index in [1.807, 2.05) is 41.5 Å². The van der Waals surface area contributed by atoms with Crippen LogP contribution in [-0.4, -0.2) is 48.0 Å². The van der Waals surface area contributed by atoms with Gasteiger partial charge in [0.15, 0.2) is 0 Å². The molecule has 1 N–H and O–H groups in total. The number of carbonyl (C=O) groups is 2. The molecule has 0 fully saturated rings. The van der Waals surface area contributed by atoms with Crippen LogP contribution in [0.25, 0.3) is 0 Å². The average Bonchev–Trinajstić information content (AvgIpc) is 3.16. The molecule has 11 heteroatoms. The molecule has 2 heterocycles. The van der Waals surface area contributed by atoms with Gasteiger partial charge in [-0.05, 0) is 73.4 Å². The number of esters is 2. The highest BCUT2D eigenvalue weighted by Crippen LogP contribution is 2.09. The minimum Gasteiger partial charge on any atom is -0.459 e. The van der Waals surface area contributed by atoms with Gasteiger partial charge in [-0.2, -0.15) is 0 Å². The fourth-order valence-electron chi connectivity index (χ4n) is 1.55. The molecule has 0 amide bonds. The van der Waals surface area contributed by atoms with E-state index in [0.717, 1.165) is 4.60 Å². The molecule has 0 aliphatic heterocycles. The number of halogens is 3. The van der Waals surface area contributed by atoms with Gasteiger partial charge in [0.05, 0.1) is 18.9 Å². The number of carbonyl (C=O) groups excluding carboxylic acids is 2. The second-order valence-electron chi connectivity index (χ2n) is 7.57. The van der Waals surface area contributed by atoms with Gasteiger partial charge in [-0.15, -0.1) is 0 Å². The van der Waals surface area contributed by atoms with Crippen LogP contribution in [-0.2, 0) is 25.6 Å². The number of rotatable bonds is 3. The number of hydrogen-bond acceptors (Lipinski definition) is 6. The lowest BCUT2D eigenvalue weighted by molar-refractivity contribution is -0.155. The molecule has 0 saturated heterocycles. The van der Waals surface area contributed by atoms with E-state index in [-0.39, 0.29) is 29.4 Å². The Hall–Kier alpha value is -1.20. The topological polar surface area (TPSA) is 99.1 Å². The van der Waals surface area contributed by atoms with E-state index in [1.165, 1.54) is 0 Å². The number of nitrogens with one attached hydrogen (secondary N) is 1. The molecule has 164 valence electrons. The van der Waals surface area contributed by atoms with Crippen molar-refractivity contribution in [3.05, 3.63) is 34.3 Å². The summed E-state index contributed by atoms with van der Waals surface area (Å²) in [5.41, 5.74) is -0.792. The second-order valence-corrected chi connectivity index (χ2v) is 9.80. The Morgan fingerprint density at radius 2 is 1.62 bits per heavy atom. The summed E-state index contributed by atoms with van der Waals surface area (Å²) in [7, 11) is 0. The largest absolute Gasteiger partial charge is 0.459 e. The summed E-state index contributed by atoms with van der Waals surface area (Å²) in [5, 5.41) is 0.268. The molecule has 29 heavy (non-hydrogen) atoms. The zero-order valence-corrected chi connectivity index (χ0v) is 22.1. The van der Waals surface area contributed by atoms with Gasteiger partial charge >= 0.3 is 11.9 Å². The summed E-state index contributed by atoms with van der Waals surface area (Å²) in [6.45, 7) is 11.2. The van der Waals surface area contributed by atoms with Crippen LogP contribution < -0.4 is 0 Å². The molecule has 0 atom stereocenters. The molecular weight excluding hydrogens is 576 g/mol. The van der Waals surface area contributed by atoms with E-state index in [1.54, 1.807) is 29.6 Å². The summed E-state index contributed by atoms with van der Waals surface area (Å²) in [6, 6.07) is 0. The maximum absolute atomic E-state index is 11.4. The Bertz CT molecular complexity index is 735. The summed E-state index contributed by atoms with van der Waals surface area (Å²) in [6.07, 6.45) is 6.61. The molecule has 0 unspecified atom stereocenters. The molecule has 0 aliphatic rings. The quantitative estimate of drug-likeness (QED) is 0.397. The highest BCUT2D eigenvalue weighted by atomic mass is 79.9. The SMILES string of the molecule is Brc1cnc[nH]1.CC(C)(C)OC(=O)CBr.CC(C)(C)OC(=O)Cn1cnc(Br)c1. The average molecular weight is 603 g/mol. The monoisotopic (exact) mass is 600 g/mol. The van der Waals surface area contributed by atoms with E-state index in [9.17, 15) is 9.59 Å². The molecule has 8 nitrogen and oxygen atoms in total. The Morgan fingerprint density at radius 1 is 1.07 bits per heavy atom. The molecule has 2 rings (SSSR count). The highest BCUT2D eigenvalue weighted by Gasteiger charge is 2.16. The van der Waals surface area contributed by atoms with Gasteiger partial charge in [-0.1, -0.05) is 15.9 Å². The Balaban J connectivity index is 0.000000446. The van der Waals surface area contributed by atoms with Crippen molar-refractivity contribution >= 4 is 59.7 Å². The standard InChI is InChI=1S/C9H13BrN2O2.C6H11BrO2.C3H3BrN2/c1-9(2,3)14-8(13)5-12-4-7(10)11-6-12;1-6(2,3)9-5(8)4-7;4-3-1-5-2-6-3/h4,6H,5H2,1-3H3;4H2,1-3H3;1-2H,(H,5,6). The van der Waals surface area contributed by atoms with E-state index < -0.39 is 5.60 Å². The lowest BCUT2D eigenvalue weighted by Crippen LogP contribution is -2.26. The lowest BCUT2D eigenvalue weighted by Gasteiger charge is -2.19. The second kappa shape index (κ2) is 13.2. The van der Waals surface area contributed by atoms with Crippen LogP contribution in [0, 0.1) is 0 Å². The van der Waals surface area contributed by atoms with E-state index in [2.05, 4.69) is 62.7 Å². The molecule has 0 bridgehead atoms. The molecule has 0 aliphatic carbocycles. The van der Waals surface area contributed by atoms with Crippen molar-refractivity contribution in [3.63, 3.8) is 0 Å². The number of aromatic nitrogens is 4. The molecule has 2 aromatic heterocycles. The summed E-state index contributed by atoms with van der Waals surface area (Å²) < 4.78 is 13.3. The zero-order chi connectivity index (χ0) is 22.7. The fraction of sp³-hybridized carbons (Fsp3) is 0.556. The first-order valence-electron chi connectivity index (χ1n) is 8.52. The summed E-state index contributed by atoms with van der Waals surface area (Å²) in [4.78, 5) is 32.4. The number of H-pyrrole nitrogens is 1. The van der Waals surface area contributed by atoms with Crippen molar-refractivity contribution < 1.29 is 19.1 Å². The molecule has 2 aromatic rings. The van der Waals surface area contributed by atoms with E-state index in [4.69, 9.17) is 9.47 Å². The Kier molecular flexibility index (Phi) is 12.6. The van der Waals surface area contributed by atoms with Crippen molar-refractivity contribution in [2.75, 3.05) is 5.33 Å². The first-order valence-corrected chi connectivity index (χ1v) is 11.2. The Morgan fingerprint density at radius 3 is 1.90 bits per heavy atom. The van der Waals surface area contributed by atoms with Crippen LogP contribution in [0.3, 0.4) is 0 Å². The van der Waals surface area contributed by atoms with Crippen molar-refractivity contribution in [2.45, 2.75) is 59.3 Å².